The summed E-state index contributed by atoms with van der Waals surface area (Å²) in [4.78, 5) is 0. The summed E-state index contributed by atoms with van der Waals surface area (Å²) in [5.74, 6) is 0.326. The number of aromatic hydroxyl groups is 1. The van der Waals surface area contributed by atoms with E-state index in [-0.39, 0.29) is 0 Å². The number of phenolic OH excluding ortho intramolecular Hbond substituents is 1. The highest BCUT2D eigenvalue weighted by Crippen LogP contribution is 2.13. The largest absolute Gasteiger partial charge is 0.508 e. The first kappa shape index (κ1) is 13.7. The molecule has 1 aromatic heterocycles. The third-order valence-corrected chi connectivity index (χ3v) is 3.72. The van der Waals surface area contributed by atoms with Gasteiger partial charge >= 0.3 is 0 Å². The predicted molar refractivity (Wildman–Crippen MR) is 78.4 cm³/mol. The minimum atomic E-state index is 0.326. The molecule has 0 aliphatic carbocycles. The molecule has 0 fully saturated rings. The molecule has 3 heteroatoms. The number of nitrogens with zero attached hydrogens (tertiary/aromatic N) is 1. The van der Waals surface area contributed by atoms with Crippen molar-refractivity contribution in [3.63, 3.8) is 0 Å². The van der Waals surface area contributed by atoms with Crippen LogP contribution in [0.5, 0.6) is 5.75 Å². The van der Waals surface area contributed by atoms with Gasteiger partial charge in [0.05, 0.1) is 0 Å². The molecule has 0 unspecified atom stereocenters. The molecular formula is C16H22N2O. The maximum absolute atomic E-state index is 9.22. The Balaban J connectivity index is 1.80. The number of aromatic nitrogens is 1. The fraction of sp³-hybridized carbons (Fsp3) is 0.375. The molecule has 0 aliphatic rings. The van der Waals surface area contributed by atoms with Crippen molar-refractivity contribution in [1.29, 1.82) is 0 Å². The lowest BCUT2D eigenvalue weighted by Gasteiger charge is -2.06. The maximum atomic E-state index is 9.22. The van der Waals surface area contributed by atoms with Crippen LogP contribution in [0.4, 0.5) is 0 Å². The van der Waals surface area contributed by atoms with Gasteiger partial charge in [0, 0.05) is 25.0 Å². The summed E-state index contributed by atoms with van der Waals surface area (Å²) in [5, 5.41) is 12.7. The third-order valence-electron chi connectivity index (χ3n) is 3.72. The van der Waals surface area contributed by atoms with Crippen LogP contribution in [-0.2, 0) is 20.0 Å². The normalized spacial score (nSPS) is 10.9. The van der Waals surface area contributed by atoms with Crippen molar-refractivity contribution in [2.24, 2.45) is 7.05 Å². The Bertz CT molecular complexity index is 541. The van der Waals surface area contributed by atoms with Gasteiger partial charge in [-0.3, -0.25) is 0 Å². The molecule has 0 aliphatic heterocycles. The maximum Gasteiger partial charge on any atom is 0.115 e. The first-order valence-corrected chi connectivity index (χ1v) is 6.68. The molecule has 3 nitrogen and oxygen atoms in total. The number of hydrogen-bond donors (Lipinski definition) is 2. The van der Waals surface area contributed by atoms with Gasteiger partial charge in [0.1, 0.15) is 5.75 Å². The molecule has 0 bridgehead atoms. The molecular weight excluding hydrogens is 236 g/mol. The van der Waals surface area contributed by atoms with E-state index < -0.39 is 0 Å². The monoisotopic (exact) mass is 258 g/mol. The Morgan fingerprint density at radius 1 is 1.16 bits per heavy atom. The van der Waals surface area contributed by atoms with E-state index >= 15 is 0 Å². The van der Waals surface area contributed by atoms with Crippen LogP contribution < -0.4 is 5.32 Å². The van der Waals surface area contributed by atoms with E-state index in [9.17, 15) is 5.11 Å². The number of phenols is 1. The smallest absolute Gasteiger partial charge is 0.115 e. The van der Waals surface area contributed by atoms with Gasteiger partial charge in [-0.2, -0.15) is 0 Å². The Morgan fingerprint density at radius 3 is 2.42 bits per heavy atom. The van der Waals surface area contributed by atoms with Crippen molar-refractivity contribution >= 4 is 0 Å². The van der Waals surface area contributed by atoms with Crippen LogP contribution in [0.2, 0.25) is 0 Å². The lowest BCUT2D eigenvalue weighted by molar-refractivity contribution is 0.475. The lowest BCUT2D eigenvalue weighted by Crippen LogP contribution is -2.17. The Hall–Kier alpha value is -1.74. The van der Waals surface area contributed by atoms with Crippen LogP contribution in [0.3, 0.4) is 0 Å². The van der Waals surface area contributed by atoms with E-state index in [1.165, 1.54) is 22.5 Å². The second-order valence-corrected chi connectivity index (χ2v) is 5.05. The van der Waals surface area contributed by atoms with Crippen molar-refractivity contribution < 1.29 is 5.11 Å². The first-order chi connectivity index (χ1) is 9.08. The van der Waals surface area contributed by atoms with Crippen LogP contribution >= 0.6 is 0 Å². The van der Waals surface area contributed by atoms with Crippen molar-refractivity contribution in [1.82, 2.24) is 9.88 Å². The van der Waals surface area contributed by atoms with E-state index in [1.807, 2.05) is 12.1 Å². The second-order valence-electron chi connectivity index (χ2n) is 5.05. The molecule has 2 rings (SSSR count). The zero-order valence-corrected chi connectivity index (χ0v) is 11.9. The SMILES string of the molecule is Cc1cc(CNCCc2ccc(O)cc2)c(C)n1C. The predicted octanol–water partition coefficient (Wildman–Crippen LogP) is 2.68. The van der Waals surface area contributed by atoms with Crippen LogP contribution in [0.25, 0.3) is 0 Å². The highest BCUT2D eigenvalue weighted by Gasteiger charge is 2.04. The Morgan fingerprint density at radius 2 is 1.84 bits per heavy atom. The number of aryl methyl sites for hydroxylation is 1. The van der Waals surface area contributed by atoms with E-state index in [0.29, 0.717) is 5.75 Å². The molecule has 0 radical (unpaired) electrons. The van der Waals surface area contributed by atoms with E-state index in [1.54, 1.807) is 12.1 Å². The lowest BCUT2D eigenvalue weighted by atomic mass is 10.1. The Kier molecular flexibility index (Phi) is 4.27. The van der Waals surface area contributed by atoms with Crippen molar-refractivity contribution in [3.8, 4) is 5.75 Å². The van der Waals surface area contributed by atoms with Crippen molar-refractivity contribution in [2.75, 3.05) is 6.54 Å². The first-order valence-electron chi connectivity index (χ1n) is 6.68. The summed E-state index contributed by atoms with van der Waals surface area (Å²) in [6, 6.07) is 9.65. The summed E-state index contributed by atoms with van der Waals surface area (Å²) in [6.07, 6.45) is 0.977. The summed E-state index contributed by atoms with van der Waals surface area (Å²) in [5.41, 5.74) is 5.24. The highest BCUT2D eigenvalue weighted by atomic mass is 16.3. The van der Waals surface area contributed by atoms with Gasteiger partial charge in [0.15, 0.2) is 0 Å². The van der Waals surface area contributed by atoms with Gasteiger partial charge in [0.2, 0.25) is 0 Å². The molecule has 102 valence electrons. The van der Waals surface area contributed by atoms with E-state index in [0.717, 1.165) is 19.5 Å². The molecule has 0 saturated carbocycles. The van der Waals surface area contributed by atoms with Gasteiger partial charge in [-0.15, -0.1) is 0 Å². The topological polar surface area (TPSA) is 37.2 Å². The van der Waals surface area contributed by atoms with Crippen LogP contribution in [0.15, 0.2) is 30.3 Å². The van der Waals surface area contributed by atoms with Gasteiger partial charge < -0.3 is 15.0 Å². The quantitative estimate of drug-likeness (QED) is 0.809. The number of hydrogen-bond acceptors (Lipinski definition) is 2. The van der Waals surface area contributed by atoms with E-state index in [4.69, 9.17) is 0 Å². The van der Waals surface area contributed by atoms with Crippen LogP contribution in [0, 0.1) is 13.8 Å². The Labute approximate surface area is 114 Å². The second kappa shape index (κ2) is 5.93. The molecule has 0 saturated heterocycles. The average molecular weight is 258 g/mol. The van der Waals surface area contributed by atoms with Crippen LogP contribution in [0.1, 0.15) is 22.5 Å². The zero-order chi connectivity index (χ0) is 13.8. The molecule has 1 aromatic carbocycles. The molecule has 2 aromatic rings. The zero-order valence-electron chi connectivity index (χ0n) is 11.9. The van der Waals surface area contributed by atoms with E-state index in [2.05, 4.69) is 36.8 Å². The molecule has 0 atom stereocenters. The fourth-order valence-corrected chi connectivity index (χ4v) is 2.23. The molecule has 19 heavy (non-hydrogen) atoms. The molecule has 0 amide bonds. The highest BCUT2D eigenvalue weighted by molar-refractivity contribution is 5.27. The molecule has 0 spiro atoms. The summed E-state index contributed by atoms with van der Waals surface area (Å²) < 4.78 is 2.22. The standard InChI is InChI=1S/C16H22N2O/c1-12-10-15(13(2)18(12)3)11-17-9-8-14-4-6-16(19)7-5-14/h4-7,10,17,19H,8-9,11H2,1-3H3. The minimum absolute atomic E-state index is 0.326. The summed E-state index contributed by atoms with van der Waals surface area (Å²) >= 11 is 0. The van der Waals surface area contributed by atoms with Gasteiger partial charge in [-0.1, -0.05) is 12.1 Å². The minimum Gasteiger partial charge on any atom is -0.508 e. The fourth-order valence-electron chi connectivity index (χ4n) is 2.23. The van der Waals surface area contributed by atoms with Crippen molar-refractivity contribution in [2.45, 2.75) is 26.8 Å². The molecule has 2 N–H and O–H groups in total. The van der Waals surface area contributed by atoms with Gasteiger partial charge in [0.25, 0.3) is 0 Å². The third kappa shape index (κ3) is 3.38. The average Bonchev–Trinajstić information content (AvgIpc) is 2.64. The van der Waals surface area contributed by atoms with Gasteiger partial charge in [-0.25, -0.2) is 0 Å². The van der Waals surface area contributed by atoms with Crippen molar-refractivity contribution in [3.05, 3.63) is 52.8 Å². The summed E-state index contributed by atoms with van der Waals surface area (Å²) in [7, 11) is 2.10. The number of rotatable bonds is 5. The number of benzene rings is 1. The number of nitrogens with one attached hydrogen (secondary N) is 1. The summed E-state index contributed by atoms with van der Waals surface area (Å²) in [6.45, 7) is 6.14. The van der Waals surface area contributed by atoms with Gasteiger partial charge in [-0.05, 0) is 56.1 Å². The molecule has 1 heterocycles. The van der Waals surface area contributed by atoms with Crippen LogP contribution in [-0.4, -0.2) is 16.2 Å².